The molecule has 1 N–H and O–H groups in total. The Bertz CT molecular complexity index is 697. The molecule has 2 aromatic rings. The van der Waals surface area contributed by atoms with E-state index in [2.05, 4.69) is 15.5 Å². The lowest BCUT2D eigenvalue weighted by Crippen LogP contribution is -2.15. The molecule has 7 heteroatoms. The lowest BCUT2D eigenvalue weighted by Gasteiger charge is -2.07. The van der Waals surface area contributed by atoms with Crippen LogP contribution in [0.1, 0.15) is 30.0 Å². The molecule has 0 fully saturated rings. The zero-order valence-electron chi connectivity index (χ0n) is 12.8. The van der Waals surface area contributed by atoms with Gasteiger partial charge in [0.2, 0.25) is 5.91 Å². The summed E-state index contributed by atoms with van der Waals surface area (Å²) in [7, 11) is 0. The molecule has 0 saturated heterocycles. The molecule has 2 rings (SSSR count). The van der Waals surface area contributed by atoms with Gasteiger partial charge in [0.15, 0.2) is 10.9 Å². The highest BCUT2D eigenvalue weighted by Crippen LogP contribution is 2.17. The average Bonchev–Trinajstić information content (AvgIpc) is 2.85. The van der Waals surface area contributed by atoms with Gasteiger partial charge in [0, 0.05) is 17.8 Å². The maximum atomic E-state index is 12.0. The van der Waals surface area contributed by atoms with E-state index in [-0.39, 0.29) is 17.4 Å². The van der Waals surface area contributed by atoms with Crippen molar-refractivity contribution in [2.45, 2.75) is 32.5 Å². The number of benzene rings is 1. The van der Waals surface area contributed by atoms with Gasteiger partial charge in [0.25, 0.3) is 0 Å². The summed E-state index contributed by atoms with van der Waals surface area (Å²) in [5.74, 6) is 0.896. The summed E-state index contributed by atoms with van der Waals surface area (Å²) in [6.45, 7) is 6.15. The summed E-state index contributed by atoms with van der Waals surface area (Å²) < 4.78 is 1.95. The molecule has 0 aliphatic carbocycles. The lowest BCUT2D eigenvalue weighted by atomic mass is 10.1. The Balaban J connectivity index is 1.96. The standard InChI is InChI=1S/C15H18N4O2S/c1-4-19-11(3)17-18-15(19)22-9-14(21)16-13-7-5-6-12(8-13)10(2)20/h5-8H,4,9H2,1-3H3,(H,16,21). The first-order chi connectivity index (χ1) is 10.5. The van der Waals surface area contributed by atoms with E-state index in [0.29, 0.717) is 11.3 Å². The van der Waals surface area contributed by atoms with E-state index < -0.39 is 0 Å². The molecule has 0 unspecified atom stereocenters. The Morgan fingerprint density at radius 3 is 2.77 bits per heavy atom. The van der Waals surface area contributed by atoms with Gasteiger partial charge in [-0.1, -0.05) is 23.9 Å². The molecule has 0 radical (unpaired) electrons. The molecule has 0 aliphatic rings. The predicted molar refractivity (Wildman–Crippen MR) is 86.2 cm³/mol. The topological polar surface area (TPSA) is 76.9 Å². The third-order valence-corrected chi connectivity index (χ3v) is 4.07. The molecule has 0 saturated carbocycles. The van der Waals surface area contributed by atoms with Gasteiger partial charge in [-0.15, -0.1) is 10.2 Å². The zero-order chi connectivity index (χ0) is 16.1. The Kier molecular flexibility index (Phi) is 5.32. The first kappa shape index (κ1) is 16.2. The van der Waals surface area contributed by atoms with Crippen molar-refractivity contribution in [3.05, 3.63) is 35.7 Å². The summed E-state index contributed by atoms with van der Waals surface area (Å²) in [6.07, 6.45) is 0. The summed E-state index contributed by atoms with van der Waals surface area (Å²) in [6, 6.07) is 6.90. The number of Topliss-reactive ketones (excluding diaryl/α,β-unsaturated/α-hetero) is 1. The van der Waals surface area contributed by atoms with Crippen molar-refractivity contribution < 1.29 is 9.59 Å². The number of nitrogens with zero attached hydrogens (tertiary/aromatic N) is 3. The Morgan fingerprint density at radius 2 is 2.09 bits per heavy atom. The Hall–Kier alpha value is -2.15. The van der Waals surface area contributed by atoms with Crippen molar-refractivity contribution in [2.75, 3.05) is 11.1 Å². The number of aromatic nitrogens is 3. The number of thioether (sulfide) groups is 1. The number of hydrogen-bond donors (Lipinski definition) is 1. The molecule has 22 heavy (non-hydrogen) atoms. The van der Waals surface area contributed by atoms with Crippen molar-refractivity contribution in [2.24, 2.45) is 0 Å². The fourth-order valence-corrected chi connectivity index (χ4v) is 2.82. The number of nitrogens with one attached hydrogen (secondary N) is 1. The number of rotatable bonds is 6. The second kappa shape index (κ2) is 7.22. The van der Waals surface area contributed by atoms with Crippen molar-refractivity contribution in [3.8, 4) is 0 Å². The van der Waals surface area contributed by atoms with Crippen molar-refractivity contribution in [1.82, 2.24) is 14.8 Å². The van der Waals surface area contributed by atoms with Gasteiger partial charge < -0.3 is 9.88 Å². The maximum absolute atomic E-state index is 12.0. The molecule has 0 aliphatic heterocycles. The number of ketones is 1. The van der Waals surface area contributed by atoms with Crippen LogP contribution in [-0.4, -0.2) is 32.2 Å². The molecule has 1 heterocycles. The third kappa shape index (κ3) is 3.94. The lowest BCUT2D eigenvalue weighted by molar-refractivity contribution is -0.113. The third-order valence-electron chi connectivity index (χ3n) is 3.10. The average molecular weight is 318 g/mol. The summed E-state index contributed by atoms with van der Waals surface area (Å²) in [4.78, 5) is 23.3. The van der Waals surface area contributed by atoms with E-state index in [0.717, 1.165) is 17.5 Å². The van der Waals surface area contributed by atoms with E-state index in [9.17, 15) is 9.59 Å². The van der Waals surface area contributed by atoms with Gasteiger partial charge in [-0.25, -0.2) is 0 Å². The van der Waals surface area contributed by atoms with E-state index in [1.165, 1.54) is 18.7 Å². The summed E-state index contributed by atoms with van der Waals surface area (Å²) in [5, 5.41) is 11.6. The van der Waals surface area contributed by atoms with Gasteiger partial charge >= 0.3 is 0 Å². The van der Waals surface area contributed by atoms with E-state index >= 15 is 0 Å². The van der Waals surface area contributed by atoms with Gasteiger partial charge in [-0.3, -0.25) is 9.59 Å². The molecule has 0 bridgehead atoms. The highest BCUT2D eigenvalue weighted by atomic mass is 32.2. The quantitative estimate of drug-likeness (QED) is 0.654. The minimum Gasteiger partial charge on any atom is -0.325 e. The molecule has 1 aromatic carbocycles. The van der Waals surface area contributed by atoms with Crippen LogP contribution in [0.4, 0.5) is 5.69 Å². The SMILES string of the molecule is CCn1c(C)nnc1SCC(=O)Nc1cccc(C(C)=O)c1. The fourth-order valence-electron chi connectivity index (χ4n) is 1.98. The van der Waals surface area contributed by atoms with Gasteiger partial charge in [0.1, 0.15) is 5.82 Å². The predicted octanol–water partition coefficient (Wildman–Crippen LogP) is 2.54. The Labute approximate surface area is 133 Å². The molecular formula is C15H18N4O2S. The maximum Gasteiger partial charge on any atom is 0.234 e. The number of amides is 1. The number of carbonyl (C=O) groups excluding carboxylic acids is 2. The first-order valence-corrected chi connectivity index (χ1v) is 7.93. The largest absolute Gasteiger partial charge is 0.325 e. The van der Waals surface area contributed by atoms with Crippen LogP contribution in [0.5, 0.6) is 0 Å². The summed E-state index contributed by atoms with van der Waals surface area (Å²) in [5.41, 5.74) is 1.19. The van der Waals surface area contributed by atoms with Crippen LogP contribution in [0.2, 0.25) is 0 Å². The normalized spacial score (nSPS) is 10.5. The number of aryl methyl sites for hydroxylation is 1. The highest BCUT2D eigenvalue weighted by Gasteiger charge is 2.11. The van der Waals surface area contributed by atoms with Crippen LogP contribution in [0.25, 0.3) is 0 Å². The minimum absolute atomic E-state index is 0.0306. The van der Waals surface area contributed by atoms with E-state index in [4.69, 9.17) is 0 Å². The van der Waals surface area contributed by atoms with Crippen LogP contribution in [0.15, 0.2) is 29.4 Å². The van der Waals surface area contributed by atoms with Crippen LogP contribution < -0.4 is 5.32 Å². The van der Waals surface area contributed by atoms with Crippen molar-refractivity contribution in [1.29, 1.82) is 0 Å². The number of hydrogen-bond acceptors (Lipinski definition) is 5. The monoisotopic (exact) mass is 318 g/mol. The van der Waals surface area contributed by atoms with Crippen LogP contribution in [0, 0.1) is 6.92 Å². The Morgan fingerprint density at radius 1 is 1.32 bits per heavy atom. The van der Waals surface area contributed by atoms with Gasteiger partial charge in [-0.2, -0.15) is 0 Å². The van der Waals surface area contributed by atoms with Gasteiger partial charge in [-0.05, 0) is 32.9 Å². The van der Waals surface area contributed by atoms with Crippen molar-refractivity contribution in [3.63, 3.8) is 0 Å². The van der Waals surface area contributed by atoms with E-state index in [1.807, 2.05) is 18.4 Å². The van der Waals surface area contributed by atoms with Gasteiger partial charge in [0.05, 0.1) is 5.75 Å². The minimum atomic E-state index is -0.144. The van der Waals surface area contributed by atoms with Crippen LogP contribution >= 0.6 is 11.8 Å². The second-order valence-corrected chi connectivity index (χ2v) is 5.69. The second-order valence-electron chi connectivity index (χ2n) is 4.75. The fraction of sp³-hybridized carbons (Fsp3) is 0.333. The van der Waals surface area contributed by atoms with E-state index in [1.54, 1.807) is 24.3 Å². The van der Waals surface area contributed by atoms with Crippen LogP contribution in [-0.2, 0) is 11.3 Å². The number of anilines is 1. The molecule has 1 amide bonds. The smallest absolute Gasteiger partial charge is 0.234 e. The number of carbonyl (C=O) groups is 2. The molecule has 1 aromatic heterocycles. The molecule has 0 spiro atoms. The molecular weight excluding hydrogens is 300 g/mol. The molecule has 0 atom stereocenters. The molecule has 116 valence electrons. The zero-order valence-corrected chi connectivity index (χ0v) is 13.6. The van der Waals surface area contributed by atoms with Crippen LogP contribution in [0.3, 0.4) is 0 Å². The summed E-state index contributed by atoms with van der Waals surface area (Å²) >= 11 is 1.34. The first-order valence-electron chi connectivity index (χ1n) is 6.94. The van der Waals surface area contributed by atoms with Crippen molar-refractivity contribution >= 4 is 29.1 Å². The highest BCUT2D eigenvalue weighted by molar-refractivity contribution is 7.99. The molecule has 6 nitrogen and oxygen atoms in total.